The standard InChI is InChI=1S/C21H17FN4O3S/c22-15-3-5-16(6-4-15)28-20-12-14(9-10-23-20)13-24-18(27)7-8-19-25-21(26-29-19)17-2-1-11-30-17/h1-6,9-12H,7-8,13H2,(H,24,27). The minimum atomic E-state index is -0.338. The minimum Gasteiger partial charge on any atom is -0.439 e. The number of carbonyl (C=O) groups excluding carboxylic acids is 1. The van der Waals surface area contributed by atoms with Crippen LogP contribution in [0.15, 0.2) is 64.6 Å². The van der Waals surface area contributed by atoms with Gasteiger partial charge in [0.15, 0.2) is 0 Å². The quantitative estimate of drug-likeness (QED) is 0.452. The molecule has 1 amide bonds. The summed E-state index contributed by atoms with van der Waals surface area (Å²) < 4.78 is 23.8. The third kappa shape index (κ3) is 5.26. The SMILES string of the molecule is O=C(CCc1nc(-c2cccs2)no1)NCc1ccnc(Oc2ccc(F)cc2)c1. The molecule has 4 aromatic rings. The van der Waals surface area contributed by atoms with Gasteiger partial charge in [-0.15, -0.1) is 11.3 Å². The fraction of sp³-hybridized carbons (Fsp3) is 0.143. The lowest BCUT2D eigenvalue weighted by Crippen LogP contribution is -2.23. The number of carbonyl (C=O) groups is 1. The van der Waals surface area contributed by atoms with E-state index in [4.69, 9.17) is 9.26 Å². The Bertz CT molecular complexity index is 1110. The third-order valence-electron chi connectivity index (χ3n) is 4.10. The van der Waals surface area contributed by atoms with Crippen LogP contribution in [-0.2, 0) is 17.8 Å². The summed E-state index contributed by atoms with van der Waals surface area (Å²) in [6.45, 7) is 0.325. The fourth-order valence-corrected chi connectivity index (χ4v) is 3.26. The first kappa shape index (κ1) is 19.7. The van der Waals surface area contributed by atoms with Gasteiger partial charge < -0.3 is 14.6 Å². The molecule has 0 bridgehead atoms. The molecule has 0 saturated carbocycles. The summed E-state index contributed by atoms with van der Waals surface area (Å²) >= 11 is 1.53. The first-order chi connectivity index (χ1) is 14.7. The van der Waals surface area contributed by atoms with E-state index in [1.165, 1.54) is 35.6 Å². The highest BCUT2D eigenvalue weighted by molar-refractivity contribution is 7.13. The van der Waals surface area contributed by atoms with Crippen LogP contribution in [0.2, 0.25) is 0 Å². The number of benzene rings is 1. The van der Waals surface area contributed by atoms with E-state index in [9.17, 15) is 9.18 Å². The minimum absolute atomic E-state index is 0.135. The van der Waals surface area contributed by atoms with Crippen molar-refractivity contribution in [2.75, 3.05) is 0 Å². The van der Waals surface area contributed by atoms with Gasteiger partial charge in [-0.1, -0.05) is 11.2 Å². The molecule has 0 radical (unpaired) electrons. The number of aryl methyl sites for hydroxylation is 1. The Hall–Kier alpha value is -3.59. The highest BCUT2D eigenvalue weighted by Crippen LogP contribution is 2.22. The van der Waals surface area contributed by atoms with E-state index >= 15 is 0 Å². The van der Waals surface area contributed by atoms with E-state index in [-0.39, 0.29) is 18.1 Å². The van der Waals surface area contributed by atoms with Gasteiger partial charge in [0.25, 0.3) is 0 Å². The summed E-state index contributed by atoms with van der Waals surface area (Å²) in [6, 6.07) is 13.0. The normalized spacial score (nSPS) is 10.7. The largest absolute Gasteiger partial charge is 0.439 e. The predicted octanol–water partition coefficient (Wildman–Crippen LogP) is 4.37. The second kappa shape index (κ2) is 9.27. The van der Waals surface area contributed by atoms with Gasteiger partial charge in [-0.25, -0.2) is 9.37 Å². The molecule has 152 valence electrons. The van der Waals surface area contributed by atoms with Gasteiger partial charge in [-0.3, -0.25) is 4.79 Å². The van der Waals surface area contributed by atoms with Crippen molar-refractivity contribution in [1.82, 2.24) is 20.4 Å². The van der Waals surface area contributed by atoms with E-state index in [2.05, 4.69) is 20.4 Å². The molecule has 0 saturated heterocycles. The number of pyridine rings is 1. The molecule has 9 heteroatoms. The number of hydrogen-bond acceptors (Lipinski definition) is 7. The van der Waals surface area contributed by atoms with Crippen LogP contribution in [0.25, 0.3) is 10.7 Å². The maximum Gasteiger partial charge on any atom is 0.227 e. The highest BCUT2D eigenvalue weighted by atomic mass is 32.1. The monoisotopic (exact) mass is 424 g/mol. The average Bonchev–Trinajstić information content (AvgIpc) is 3.45. The molecule has 0 unspecified atom stereocenters. The van der Waals surface area contributed by atoms with Gasteiger partial charge in [0.05, 0.1) is 4.88 Å². The van der Waals surface area contributed by atoms with Gasteiger partial charge in [0.2, 0.25) is 23.5 Å². The van der Waals surface area contributed by atoms with Crippen molar-refractivity contribution in [2.24, 2.45) is 0 Å². The summed E-state index contributed by atoms with van der Waals surface area (Å²) in [6.07, 6.45) is 2.18. The molecule has 30 heavy (non-hydrogen) atoms. The van der Waals surface area contributed by atoms with Crippen molar-refractivity contribution >= 4 is 17.2 Å². The van der Waals surface area contributed by atoms with Gasteiger partial charge >= 0.3 is 0 Å². The van der Waals surface area contributed by atoms with Crippen molar-refractivity contribution in [3.8, 4) is 22.3 Å². The third-order valence-corrected chi connectivity index (χ3v) is 4.97. The number of halogens is 1. The Balaban J connectivity index is 1.26. The van der Waals surface area contributed by atoms with Crippen LogP contribution in [0, 0.1) is 5.82 Å². The molecular weight excluding hydrogens is 407 g/mol. The lowest BCUT2D eigenvalue weighted by Gasteiger charge is -2.08. The van der Waals surface area contributed by atoms with E-state index in [1.54, 1.807) is 18.3 Å². The second-order valence-electron chi connectivity index (χ2n) is 6.32. The number of amides is 1. The summed E-state index contributed by atoms with van der Waals surface area (Å²) in [5.74, 6) is 1.32. The van der Waals surface area contributed by atoms with Gasteiger partial charge in [-0.05, 0) is 47.3 Å². The van der Waals surface area contributed by atoms with E-state index in [0.717, 1.165) is 10.4 Å². The number of hydrogen-bond donors (Lipinski definition) is 1. The number of nitrogens with zero attached hydrogens (tertiary/aromatic N) is 3. The second-order valence-corrected chi connectivity index (χ2v) is 7.27. The zero-order valence-corrected chi connectivity index (χ0v) is 16.6. The molecule has 0 aliphatic heterocycles. The summed E-state index contributed by atoms with van der Waals surface area (Å²) in [5.41, 5.74) is 0.827. The number of ether oxygens (including phenoxy) is 1. The first-order valence-electron chi connectivity index (χ1n) is 9.17. The van der Waals surface area contributed by atoms with E-state index < -0.39 is 0 Å². The van der Waals surface area contributed by atoms with Crippen LogP contribution in [0.5, 0.6) is 11.6 Å². The summed E-state index contributed by atoms with van der Waals surface area (Å²) in [5, 5.41) is 8.71. The fourth-order valence-electron chi connectivity index (χ4n) is 2.61. The highest BCUT2D eigenvalue weighted by Gasteiger charge is 2.11. The van der Waals surface area contributed by atoms with E-state index in [0.29, 0.717) is 36.3 Å². The lowest BCUT2D eigenvalue weighted by atomic mass is 10.2. The lowest BCUT2D eigenvalue weighted by molar-refractivity contribution is -0.121. The predicted molar refractivity (Wildman–Crippen MR) is 108 cm³/mol. The molecule has 1 aromatic carbocycles. The number of nitrogens with one attached hydrogen (secondary N) is 1. The Labute approximate surface area is 175 Å². The molecule has 0 aliphatic carbocycles. The molecule has 0 spiro atoms. The molecule has 3 aromatic heterocycles. The Morgan fingerprint density at radius 2 is 2.07 bits per heavy atom. The van der Waals surface area contributed by atoms with Crippen molar-refractivity contribution in [2.45, 2.75) is 19.4 Å². The van der Waals surface area contributed by atoms with Crippen LogP contribution in [0.3, 0.4) is 0 Å². The topological polar surface area (TPSA) is 90.1 Å². The summed E-state index contributed by atoms with van der Waals surface area (Å²) in [4.78, 5) is 21.5. The van der Waals surface area contributed by atoms with Gasteiger partial charge in [0.1, 0.15) is 11.6 Å². The van der Waals surface area contributed by atoms with Gasteiger partial charge in [0, 0.05) is 31.6 Å². The number of aromatic nitrogens is 3. The maximum absolute atomic E-state index is 13.0. The Kier molecular flexibility index (Phi) is 6.09. The van der Waals surface area contributed by atoms with Crippen molar-refractivity contribution < 1.29 is 18.4 Å². The van der Waals surface area contributed by atoms with Gasteiger partial charge in [-0.2, -0.15) is 4.98 Å². The molecule has 7 nitrogen and oxygen atoms in total. The molecular formula is C21H17FN4O3S. The first-order valence-corrected chi connectivity index (χ1v) is 10.1. The Morgan fingerprint density at radius 3 is 2.87 bits per heavy atom. The molecule has 0 atom stereocenters. The van der Waals surface area contributed by atoms with Crippen molar-refractivity contribution in [3.63, 3.8) is 0 Å². The smallest absolute Gasteiger partial charge is 0.227 e. The molecule has 0 aliphatic rings. The van der Waals surface area contributed by atoms with Crippen LogP contribution < -0.4 is 10.1 Å². The van der Waals surface area contributed by atoms with Crippen LogP contribution >= 0.6 is 11.3 Å². The molecule has 4 rings (SSSR count). The van der Waals surface area contributed by atoms with Crippen LogP contribution in [0.4, 0.5) is 4.39 Å². The molecule has 3 heterocycles. The zero-order chi connectivity index (χ0) is 20.8. The number of rotatable bonds is 8. The van der Waals surface area contributed by atoms with Crippen molar-refractivity contribution in [1.29, 1.82) is 0 Å². The maximum atomic E-state index is 13.0. The molecule has 0 fully saturated rings. The van der Waals surface area contributed by atoms with Crippen molar-refractivity contribution in [3.05, 3.63) is 77.4 Å². The Morgan fingerprint density at radius 1 is 1.20 bits per heavy atom. The summed E-state index contributed by atoms with van der Waals surface area (Å²) in [7, 11) is 0. The zero-order valence-electron chi connectivity index (χ0n) is 15.7. The molecule has 1 N–H and O–H groups in total. The van der Waals surface area contributed by atoms with Crippen LogP contribution in [-0.4, -0.2) is 21.0 Å². The number of thiophene rings is 1. The average molecular weight is 424 g/mol. The van der Waals surface area contributed by atoms with E-state index in [1.807, 2.05) is 17.5 Å². The van der Waals surface area contributed by atoms with Crippen LogP contribution in [0.1, 0.15) is 17.9 Å².